The molecule has 0 atom stereocenters. The average molecular weight is 347 g/mol. The van der Waals surface area contributed by atoms with Crippen LogP contribution in [-0.4, -0.2) is 24.4 Å². The first-order valence-electron chi connectivity index (χ1n) is 7.65. The van der Waals surface area contributed by atoms with Crippen LogP contribution in [0.4, 0.5) is 0 Å². The Morgan fingerprint density at radius 3 is 2.62 bits per heavy atom. The fourth-order valence-corrected chi connectivity index (χ4v) is 2.47. The first-order chi connectivity index (χ1) is 11.5. The molecule has 0 spiro atoms. The first kappa shape index (κ1) is 18.0. The third-order valence-corrected chi connectivity index (χ3v) is 3.93. The molecule has 0 unspecified atom stereocenters. The lowest BCUT2D eigenvalue weighted by atomic mass is 10.1. The second-order valence-electron chi connectivity index (χ2n) is 5.49. The number of thiophene rings is 1. The van der Waals surface area contributed by atoms with Crippen LogP contribution in [-0.2, 0) is 21.0 Å². The van der Waals surface area contributed by atoms with Crippen molar-refractivity contribution in [1.82, 2.24) is 0 Å². The third kappa shape index (κ3) is 5.38. The summed E-state index contributed by atoms with van der Waals surface area (Å²) in [5.41, 5.74) is -0.155. The molecule has 6 heteroatoms. The first-order valence-corrected chi connectivity index (χ1v) is 8.53. The van der Waals surface area contributed by atoms with E-state index in [-0.39, 0.29) is 0 Å². The van der Waals surface area contributed by atoms with Gasteiger partial charge < -0.3 is 14.3 Å². The largest absolute Gasteiger partial charge is 0.476 e. The number of carbonyl (C=O) groups is 1. The van der Waals surface area contributed by atoms with Crippen LogP contribution in [0.25, 0.3) is 0 Å². The number of esters is 1. The molecule has 24 heavy (non-hydrogen) atoms. The summed E-state index contributed by atoms with van der Waals surface area (Å²) < 4.78 is 10.7. The molecule has 0 radical (unpaired) electrons. The topological polar surface area (TPSA) is 57.1 Å². The number of nitrogens with zero attached hydrogens (tertiary/aromatic N) is 1. The molecule has 0 saturated carbocycles. The molecular weight excluding hydrogens is 326 g/mol. The molecule has 1 heterocycles. The van der Waals surface area contributed by atoms with Gasteiger partial charge in [-0.05, 0) is 62.0 Å². The summed E-state index contributed by atoms with van der Waals surface area (Å²) in [6.07, 6.45) is 1.63. The van der Waals surface area contributed by atoms with Crippen molar-refractivity contribution < 1.29 is 19.1 Å². The highest BCUT2D eigenvalue weighted by atomic mass is 32.1. The molecule has 0 bridgehead atoms. The molecular formula is C18H21NO4S. The molecule has 0 saturated heterocycles. The highest BCUT2D eigenvalue weighted by Gasteiger charge is 2.31. The lowest BCUT2D eigenvalue weighted by molar-refractivity contribution is -0.158. The molecule has 5 nitrogen and oxygen atoms in total. The van der Waals surface area contributed by atoms with E-state index in [0.29, 0.717) is 19.0 Å². The number of ether oxygens (including phenoxy) is 2. The van der Waals surface area contributed by atoms with Crippen molar-refractivity contribution in [3.05, 3.63) is 52.2 Å². The minimum absolute atomic E-state index is 0.326. The van der Waals surface area contributed by atoms with Gasteiger partial charge in [-0.2, -0.15) is 0 Å². The predicted octanol–water partition coefficient (Wildman–Crippen LogP) is 4.02. The standard InChI is InChI=1S/C18H21NO4S/c1-4-21-17(20)18(2,3)23-15-9-7-14(8-10-15)12-19-22-13-16-6-5-11-24-16/h5-12H,4,13H2,1-3H3/b19-12+. The average Bonchev–Trinajstić information content (AvgIpc) is 3.06. The summed E-state index contributed by atoms with van der Waals surface area (Å²) in [5.74, 6) is 0.197. The van der Waals surface area contributed by atoms with E-state index in [9.17, 15) is 4.79 Å². The summed E-state index contributed by atoms with van der Waals surface area (Å²) in [6.45, 7) is 5.91. The van der Waals surface area contributed by atoms with Crippen LogP contribution in [0.15, 0.2) is 46.9 Å². The zero-order chi connectivity index (χ0) is 17.4. The lowest BCUT2D eigenvalue weighted by Gasteiger charge is -2.24. The van der Waals surface area contributed by atoms with Crippen molar-refractivity contribution in [2.24, 2.45) is 5.16 Å². The van der Waals surface area contributed by atoms with Crippen LogP contribution in [0.5, 0.6) is 5.75 Å². The fourth-order valence-electron chi connectivity index (χ4n) is 1.86. The van der Waals surface area contributed by atoms with Gasteiger partial charge in [0.1, 0.15) is 5.75 Å². The summed E-state index contributed by atoms with van der Waals surface area (Å²) in [7, 11) is 0. The molecule has 2 aromatic rings. The van der Waals surface area contributed by atoms with Crippen molar-refractivity contribution in [3.63, 3.8) is 0 Å². The van der Waals surface area contributed by atoms with Gasteiger partial charge >= 0.3 is 5.97 Å². The minimum atomic E-state index is -1.03. The molecule has 0 amide bonds. The van der Waals surface area contributed by atoms with Gasteiger partial charge in [0.15, 0.2) is 12.2 Å². The van der Waals surface area contributed by atoms with E-state index in [1.165, 1.54) is 0 Å². The number of carbonyl (C=O) groups excluding carboxylic acids is 1. The maximum absolute atomic E-state index is 11.8. The molecule has 0 aliphatic rings. The minimum Gasteiger partial charge on any atom is -0.476 e. The van der Waals surface area contributed by atoms with Crippen LogP contribution in [0.3, 0.4) is 0 Å². The van der Waals surface area contributed by atoms with Crippen LogP contribution in [0.1, 0.15) is 31.2 Å². The van der Waals surface area contributed by atoms with Gasteiger partial charge in [0, 0.05) is 4.88 Å². The van der Waals surface area contributed by atoms with Crippen molar-refractivity contribution in [1.29, 1.82) is 0 Å². The zero-order valence-electron chi connectivity index (χ0n) is 14.0. The second kappa shape index (κ2) is 8.49. The van der Waals surface area contributed by atoms with Crippen LogP contribution >= 0.6 is 11.3 Å². The smallest absolute Gasteiger partial charge is 0.349 e. The molecule has 1 aromatic carbocycles. The Kier molecular flexibility index (Phi) is 6.37. The monoisotopic (exact) mass is 347 g/mol. The number of hydrogen-bond donors (Lipinski definition) is 0. The van der Waals surface area contributed by atoms with Crippen molar-refractivity contribution in [3.8, 4) is 5.75 Å². The Morgan fingerprint density at radius 2 is 2.00 bits per heavy atom. The molecule has 1 aromatic heterocycles. The Bertz CT molecular complexity index is 663. The van der Waals surface area contributed by atoms with E-state index in [0.717, 1.165) is 10.4 Å². The van der Waals surface area contributed by atoms with Gasteiger partial charge in [-0.15, -0.1) is 11.3 Å². The van der Waals surface area contributed by atoms with Crippen LogP contribution in [0, 0.1) is 0 Å². The van der Waals surface area contributed by atoms with E-state index in [1.807, 2.05) is 29.6 Å². The SMILES string of the molecule is CCOC(=O)C(C)(C)Oc1ccc(/C=N/OCc2cccs2)cc1. The van der Waals surface area contributed by atoms with E-state index < -0.39 is 11.6 Å². The third-order valence-electron chi connectivity index (χ3n) is 3.08. The Morgan fingerprint density at radius 1 is 1.25 bits per heavy atom. The predicted molar refractivity (Wildman–Crippen MR) is 94.5 cm³/mol. The normalized spacial score (nSPS) is 11.5. The van der Waals surface area contributed by atoms with Gasteiger partial charge in [0.2, 0.25) is 0 Å². The maximum atomic E-state index is 11.8. The second-order valence-corrected chi connectivity index (χ2v) is 6.52. The van der Waals surface area contributed by atoms with E-state index in [4.69, 9.17) is 14.3 Å². The Hall–Kier alpha value is -2.34. The molecule has 0 aliphatic heterocycles. The van der Waals surface area contributed by atoms with Crippen molar-refractivity contribution in [2.45, 2.75) is 33.0 Å². The maximum Gasteiger partial charge on any atom is 0.349 e. The quantitative estimate of drug-likeness (QED) is 0.411. The summed E-state index contributed by atoms with van der Waals surface area (Å²) >= 11 is 1.63. The Balaban J connectivity index is 1.87. The zero-order valence-corrected chi connectivity index (χ0v) is 14.8. The van der Waals surface area contributed by atoms with Crippen molar-refractivity contribution >= 4 is 23.5 Å². The van der Waals surface area contributed by atoms with E-state index in [2.05, 4.69) is 5.16 Å². The summed E-state index contributed by atoms with van der Waals surface area (Å²) in [5, 5.41) is 5.94. The summed E-state index contributed by atoms with van der Waals surface area (Å²) in [6, 6.07) is 11.2. The number of hydrogen-bond acceptors (Lipinski definition) is 6. The number of oxime groups is 1. The number of benzene rings is 1. The van der Waals surface area contributed by atoms with Crippen molar-refractivity contribution in [2.75, 3.05) is 6.61 Å². The molecule has 0 aliphatic carbocycles. The van der Waals surface area contributed by atoms with E-state index >= 15 is 0 Å². The molecule has 2 rings (SSSR count). The van der Waals surface area contributed by atoms with Crippen LogP contribution < -0.4 is 4.74 Å². The van der Waals surface area contributed by atoms with Crippen LogP contribution in [0.2, 0.25) is 0 Å². The van der Waals surface area contributed by atoms with Gasteiger partial charge in [0.25, 0.3) is 0 Å². The van der Waals surface area contributed by atoms with Gasteiger partial charge in [-0.25, -0.2) is 4.79 Å². The highest BCUT2D eigenvalue weighted by molar-refractivity contribution is 7.09. The van der Waals surface area contributed by atoms with Gasteiger partial charge in [0.05, 0.1) is 12.8 Å². The number of rotatable bonds is 8. The highest BCUT2D eigenvalue weighted by Crippen LogP contribution is 2.20. The lowest BCUT2D eigenvalue weighted by Crippen LogP contribution is -2.39. The Labute approximate surface area is 145 Å². The van der Waals surface area contributed by atoms with Gasteiger partial charge in [-0.1, -0.05) is 11.2 Å². The molecule has 0 N–H and O–H groups in total. The fraction of sp³-hybridized carbons (Fsp3) is 0.333. The van der Waals surface area contributed by atoms with Gasteiger partial charge in [-0.3, -0.25) is 0 Å². The molecule has 0 fully saturated rings. The van der Waals surface area contributed by atoms with E-state index in [1.54, 1.807) is 50.5 Å². The molecule has 128 valence electrons. The summed E-state index contributed by atoms with van der Waals surface area (Å²) in [4.78, 5) is 18.2.